The Morgan fingerprint density at radius 3 is 1.51 bits per heavy atom. The summed E-state index contributed by atoms with van der Waals surface area (Å²) in [6.07, 6.45) is -3.40. The molecule has 264 valence electrons. The summed E-state index contributed by atoms with van der Waals surface area (Å²) in [5, 5.41) is 2.18. The number of rotatable bonds is 15. The molecular formula is C36H56O10Si. The molecule has 0 aromatic heterocycles. The highest BCUT2D eigenvalue weighted by molar-refractivity contribution is 6.99. The topological polar surface area (TPSA) is 92.3 Å². The van der Waals surface area contributed by atoms with Crippen molar-refractivity contribution >= 4 is 18.7 Å². The molecule has 10 atom stereocenters. The van der Waals surface area contributed by atoms with Crippen molar-refractivity contribution in [2.45, 2.75) is 87.4 Å². The lowest BCUT2D eigenvalue weighted by molar-refractivity contribution is -0.302. The van der Waals surface area contributed by atoms with E-state index in [4.69, 9.17) is 47.1 Å². The minimum Gasteiger partial charge on any atom is -0.405 e. The molecule has 2 aliphatic rings. The van der Waals surface area contributed by atoms with Gasteiger partial charge in [0.05, 0.1) is 31.5 Å². The lowest BCUT2D eigenvalue weighted by Crippen LogP contribution is -2.68. The minimum atomic E-state index is -2.88. The van der Waals surface area contributed by atoms with Gasteiger partial charge in [0.25, 0.3) is 8.32 Å². The average Bonchev–Trinajstić information content (AvgIpc) is 3.08. The zero-order chi connectivity index (χ0) is 34.2. The van der Waals surface area contributed by atoms with Crippen molar-refractivity contribution in [3.63, 3.8) is 0 Å². The van der Waals surface area contributed by atoms with E-state index in [-0.39, 0.29) is 29.3 Å². The average molecular weight is 677 g/mol. The number of ether oxygens (including phenoxy) is 9. The van der Waals surface area contributed by atoms with Gasteiger partial charge in [-0.2, -0.15) is 0 Å². The molecule has 0 aliphatic carbocycles. The number of benzene rings is 2. The molecule has 0 spiro atoms. The Balaban J connectivity index is 1.76. The van der Waals surface area contributed by atoms with Crippen LogP contribution in [0.2, 0.25) is 5.04 Å². The van der Waals surface area contributed by atoms with E-state index in [0.717, 1.165) is 0 Å². The van der Waals surface area contributed by atoms with E-state index < -0.39 is 45.1 Å². The van der Waals surface area contributed by atoms with Gasteiger partial charge in [0, 0.05) is 55.7 Å². The molecule has 0 unspecified atom stereocenters. The van der Waals surface area contributed by atoms with Gasteiger partial charge < -0.3 is 47.1 Å². The van der Waals surface area contributed by atoms with Crippen LogP contribution in [0.25, 0.3) is 0 Å². The molecule has 47 heavy (non-hydrogen) atoms. The molecule has 2 aromatic carbocycles. The maximum absolute atomic E-state index is 7.39. The first-order chi connectivity index (χ1) is 22.6. The molecule has 0 radical (unpaired) electrons. The first-order valence-corrected chi connectivity index (χ1v) is 18.3. The van der Waals surface area contributed by atoms with E-state index >= 15 is 0 Å². The monoisotopic (exact) mass is 676 g/mol. The van der Waals surface area contributed by atoms with E-state index in [9.17, 15) is 0 Å². The van der Waals surface area contributed by atoms with Gasteiger partial charge in [-0.15, -0.1) is 0 Å². The molecular weight excluding hydrogens is 620 g/mol. The third-order valence-corrected chi connectivity index (χ3v) is 14.8. The van der Waals surface area contributed by atoms with Crippen LogP contribution in [0.3, 0.4) is 0 Å². The summed E-state index contributed by atoms with van der Waals surface area (Å²) in [5.41, 5.74) is 0. The van der Waals surface area contributed by atoms with Crippen LogP contribution in [0.5, 0.6) is 0 Å². The highest BCUT2D eigenvalue weighted by Gasteiger charge is 2.55. The van der Waals surface area contributed by atoms with Gasteiger partial charge in [-0.3, -0.25) is 0 Å². The summed E-state index contributed by atoms with van der Waals surface area (Å²) in [5.74, 6) is -0.225. The Morgan fingerprint density at radius 1 is 0.553 bits per heavy atom. The fraction of sp³-hybridized carbons (Fsp3) is 0.667. The molecule has 0 bridgehead atoms. The van der Waals surface area contributed by atoms with E-state index in [1.807, 2.05) is 12.1 Å². The summed E-state index contributed by atoms with van der Waals surface area (Å²) < 4.78 is 62.2. The van der Waals surface area contributed by atoms with Crippen molar-refractivity contribution in [1.82, 2.24) is 0 Å². The molecule has 2 heterocycles. The van der Waals surface area contributed by atoms with Crippen molar-refractivity contribution in [3.05, 3.63) is 60.7 Å². The molecule has 0 amide bonds. The Hall–Kier alpha value is -1.74. The molecule has 0 N–H and O–H groups in total. The van der Waals surface area contributed by atoms with Crippen molar-refractivity contribution in [1.29, 1.82) is 0 Å². The predicted molar refractivity (Wildman–Crippen MR) is 182 cm³/mol. The molecule has 2 aliphatic heterocycles. The van der Waals surface area contributed by atoms with Crippen molar-refractivity contribution in [2.75, 3.05) is 63.0 Å². The fourth-order valence-corrected chi connectivity index (χ4v) is 12.3. The van der Waals surface area contributed by atoms with Crippen molar-refractivity contribution in [3.8, 4) is 0 Å². The van der Waals surface area contributed by atoms with Crippen molar-refractivity contribution in [2.24, 2.45) is 5.92 Å². The third-order valence-electron chi connectivity index (χ3n) is 9.84. The zero-order valence-corrected chi connectivity index (χ0v) is 30.8. The lowest BCUT2D eigenvalue weighted by Gasteiger charge is -2.50. The highest BCUT2D eigenvalue weighted by Crippen LogP contribution is 2.41. The van der Waals surface area contributed by atoms with E-state index in [0.29, 0.717) is 19.6 Å². The Bertz CT molecular complexity index is 1140. The number of hydrogen-bond acceptors (Lipinski definition) is 10. The zero-order valence-electron chi connectivity index (χ0n) is 29.8. The normalized spacial score (nSPS) is 32.0. The van der Waals surface area contributed by atoms with E-state index in [2.05, 4.69) is 69.3 Å². The molecule has 2 saturated heterocycles. The Morgan fingerprint density at radius 2 is 1.06 bits per heavy atom. The summed E-state index contributed by atoms with van der Waals surface area (Å²) in [4.78, 5) is 0. The molecule has 2 aromatic rings. The maximum Gasteiger partial charge on any atom is 0.261 e. The van der Waals surface area contributed by atoms with Crippen LogP contribution in [0.15, 0.2) is 60.7 Å². The number of hydrogen-bond donors (Lipinski definition) is 0. The van der Waals surface area contributed by atoms with Gasteiger partial charge in [0.15, 0.2) is 6.29 Å². The van der Waals surface area contributed by atoms with E-state index in [1.165, 1.54) is 10.4 Å². The van der Waals surface area contributed by atoms with Crippen LogP contribution in [-0.4, -0.2) is 126 Å². The Labute approximate surface area is 282 Å². The van der Waals surface area contributed by atoms with Gasteiger partial charge in [-0.1, -0.05) is 81.4 Å². The first kappa shape index (κ1) is 38.1. The molecule has 0 saturated carbocycles. The first-order valence-electron chi connectivity index (χ1n) is 16.4. The standard InChI is InChI=1S/C36H56O10Si/c1-36(2,3)47(24-17-13-11-14-18-24,25-19-15-12-16-20-25)44-23-28-26(30(38-5)34(42-9)35(43-10)46-28)21-27-31(39-6)33(41-8)32(40-7)29(45-27)22-37-4/h11-20,26-35H,21-23H2,1-10H3/t26-,27-,28-,29-,30+,31-,32-,33-,34-,35+/m1/s1. The molecule has 2 fully saturated rings. The molecule has 4 rings (SSSR count). The van der Waals surface area contributed by atoms with Gasteiger partial charge in [0.1, 0.15) is 30.5 Å². The molecule has 10 nitrogen and oxygen atoms in total. The summed E-state index contributed by atoms with van der Waals surface area (Å²) in [6.45, 7) is 7.44. The second-order valence-electron chi connectivity index (χ2n) is 13.3. The summed E-state index contributed by atoms with van der Waals surface area (Å²) in [6, 6.07) is 21.2. The van der Waals surface area contributed by atoms with Crippen LogP contribution in [0, 0.1) is 5.92 Å². The number of methoxy groups -OCH3 is 7. The maximum atomic E-state index is 7.39. The van der Waals surface area contributed by atoms with Crippen LogP contribution in [0.4, 0.5) is 0 Å². The van der Waals surface area contributed by atoms with Crippen molar-refractivity contribution < 1.29 is 47.1 Å². The fourth-order valence-electron chi connectivity index (χ4n) is 7.71. The van der Waals surface area contributed by atoms with Gasteiger partial charge >= 0.3 is 0 Å². The smallest absolute Gasteiger partial charge is 0.261 e. The van der Waals surface area contributed by atoms with Crippen LogP contribution in [-0.2, 0) is 47.1 Å². The van der Waals surface area contributed by atoms with Crippen LogP contribution in [0.1, 0.15) is 27.2 Å². The van der Waals surface area contributed by atoms with Crippen LogP contribution < -0.4 is 10.4 Å². The van der Waals surface area contributed by atoms with Gasteiger partial charge in [-0.25, -0.2) is 0 Å². The van der Waals surface area contributed by atoms with E-state index in [1.54, 1.807) is 49.8 Å². The van der Waals surface area contributed by atoms with Gasteiger partial charge in [0.2, 0.25) is 0 Å². The van der Waals surface area contributed by atoms with Gasteiger partial charge in [-0.05, 0) is 21.8 Å². The highest BCUT2D eigenvalue weighted by atomic mass is 28.4. The summed E-state index contributed by atoms with van der Waals surface area (Å²) >= 11 is 0. The Kier molecular flexibility index (Phi) is 14.0. The molecule has 11 heteroatoms. The minimum absolute atomic E-state index is 0.210. The van der Waals surface area contributed by atoms with Crippen LogP contribution >= 0.6 is 0 Å². The lowest BCUT2D eigenvalue weighted by atomic mass is 9.81. The third kappa shape index (κ3) is 7.86. The summed E-state index contributed by atoms with van der Waals surface area (Å²) in [7, 11) is 8.73. The SMILES string of the molecule is COC[C@H]1O[C@H](C[C@H]2[C@H](OC)[C@@H](OC)[C@@H](OC)O[C@@H]2CO[Si](c2ccccc2)(c2ccccc2)C(C)(C)C)[C@@H](OC)[C@@H](OC)[C@@H]1OC. The second kappa shape index (κ2) is 17.3. The largest absolute Gasteiger partial charge is 0.405 e. The predicted octanol–water partition coefficient (Wildman–Crippen LogP) is 3.43. The second-order valence-corrected chi connectivity index (χ2v) is 17.6. The quantitative estimate of drug-likeness (QED) is 0.262.